The molecule has 3 heteroatoms. The standard InChI is InChI=1S/C22H21Cl2N/c1-15(25)20(19-11-12-21(23)22(24)14-19)13-16-7-9-18(10-8-16)17-5-3-2-4-6-17/h2-12,14-15,20H,13,25H2,1H3. The van der Waals surface area contributed by atoms with E-state index in [0.29, 0.717) is 10.0 Å². The van der Waals surface area contributed by atoms with Gasteiger partial charge in [0.05, 0.1) is 10.0 Å². The highest BCUT2D eigenvalue weighted by atomic mass is 35.5. The molecule has 1 nitrogen and oxygen atoms in total. The molecule has 0 spiro atoms. The van der Waals surface area contributed by atoms with Gasteiger partial charge in [-0.05, 0) is 47.7 Å². The van der Waals surface area contributed by atoms with Gasteiger partial charge in [0.15, 0.2) is 0 Å². The molecule has 0 aliphatic carbocycles. The zero-order valence-electron chi connectivity index (χ0n) is 14.1. The van der Waals surface area contributed by atoms with E-state index in [4.69, 9.17) is 28.9 Å². The first-order chi connectivity index (χ1) is 12.0. The quantitative estimate of drug-likeness (QED) is 0.558. The van der Waals surface area contributed by atoms with Crippen LogP contribution in [0.1, 0.15) is 24.0 Å². The Balaban J connectivity index is 1.82. The molecule has 2 N–H and O–H groups in total. The third kappa shape index (κ3) is 4.43. The van der Waals surface area contributed by atoms with Crippen LogP contribution in [0.2, 0.25) is 10.0 Å². The lowest BCUT2D eigenvalue weighted by Gasteiger charge is -2.22. The first kappa shape index (κ1) is 18.0. The molecule has 2 unspecified atom stereocenters. The van der Waals surface area contributed by atoms with Gasteiger partial charge in [-0.25, -0.2) is 0 Å². The zero-order chi connectivity index (χ0) is 17.8. The Kier molecular flexibility index (Phi) is 5.80. The lowest BCUT2D eigenvalue weighted by molar-refractivity contribution is 0.565. The van der Waals surface area contributed by atoms with Crippen LogP contribution in [-0.4, -0.2) is 6.04 Å². The van der Waals surface area contributed by atoms with Gasteiger partial charge in [0, 0.05) is 12.0 Å². The number of benzene rings is 3. The molecule has 3 aromatic carbocycles. The Morgan fingerprint density at radius 1 is 0.800 bits per heavy atom. The summed E-state index contributed by atoms with van der Waals surface area (Å²) in [5, 5.41) is 1.14. The molecule has 0 bridgehead atoms. The number of halogens is 2. The average molecular weight is 370 g/mol. The summed E-state index contributed by atoms with van der Waals surface area (Å²) in [4.78, 5) is 0. The highest BCUT2D eigenvalue weighted by Crippen LogP contribution is 2.30. The van der Waals surface area contributed by atoms with Crippen LogP contribution in [0, 0.1) is 0 Å². The van der Waals surface area contributed by atoms with Crippen LogP contribution in [0.25, 0.3) is 11.1 Å². The van der Waals surface area contributed by atoms with E-state index in [1.807, 2.05) is 31.2 Å². The molecule has 0 aliphatic rings. The van der Waals surface area contributed by atoms with Gasteiger partial charge in [0.25, 0.3) is 0 Å². The van der Waals surface area contributed by atoms with E-state index in [-0.39, 0.29) is 12.0 Å². The molecule has 128 valence electrons. The minimum absolute atomic E-state index is 0.0195. The molecule has 0 radical (unpaired) electrons. The number of hydrogen-bond donors (Lipinski definition) is 1. The van der Waals surface area contributed by atoms with Gasteiger partial charge < -0.3 is 5.73 Å². The van der Waals surface area contributed by atoms with Gasteiger partial charge in [-0.2, -0.15) is 0 Å². The molecule has 25 heavy (non-hydrogen) atoms. The molecule has 0 saturated carbocycles. The lowest BCUT2D eigenvalue weighted by Crippen LogP contribution is -2.26. The van der Waals surface area contributed by atoms with E-state index in [1.54, 1.807) is 0 Å². The van der Waals surface area contributed by atoms with Crippen molar-refractivity contribution in [3.63, 3.8) is 0 Å². The molecule has 0 saturated heterocycles. The highest BCUT2D eigenvalue weighted by molar-refractivity contribution is 6.42. The van der Waals surface area contributed by atoms with Crippen LogP contribution in [0.4, 0.5) is 0 Å². The second-order valence-corrected chi connectivity index (χ2v) is 7.22. The van der Waals surface area contributed by atoms with Crippen LogP contribution in [0.15, 0.2) is 72.8 Å². The van der Waals surface area contributed by atoms with Crippen molar-refractivity contribution in [2.24, 2.45) is 5.73 Å². The molecular weight excluding hydrogens is 349 g/mol. The second kappa shape index (κ2) is 8.05. The molecule has 0 amide bonds. The number of rotatable bonds is 5. The SMILES string of the molecule is CC(N)C(Cc1ccc(-c2ccccc2)cc1)c1ccc(Cl)c(Cl)c1. The predicted octanol–water partition coefficient (Wildman–Crippen LogP) is 6.33. The molecule has 0 aliphatic heterocycles. The van der Waals surface area contributed by atoms with E-state index in [0.717, 1.165) is 12.0 Å². The minimum Gasteiger partial charge on any atom is -0.327 e. The molecule has 0 fully saturated rings. The summed E-state index contributed by atoms with van der Waals surface area (Å²) in [6, 6.07) is 24.9. The smallest absolute Gasteiger partial charge is 0.0595 e. The zero-order valence-corrected chi connectivity index (χ0v) is 15.6. The van der Waals surface area contributed by atoms with Crippen molar-refractivity contribution in [1.29, 1.82) is 0 Å². The normalized spacial score (nSPS) is 13.4. The van der Waals surface area contributed by atoms with E-state index in [9.17, 15) is 0 Å². The highest BCUT2D eigenvalue weighted by Gasteiger charge is 2.18. The molecule has 3 aromatic rings. The van der Waals surface area contributed by atoms with Gasteiger partial charge in [-0.15, -0.1) is 0 Å². The Hall–Kier alpha value is -1.80. The van der Waals surface area contributed by atoms with Gasteiger partial charge in [0.1, 0.15) is 0 Å². The Morgan fingerprint density at radius 3 is 2.04 bits per heavy atom. The first-order valence-electron chi connectivity index (χ1n) is 8.39. The van der Waals surface area contributed by atoms with Gasteiger partial charge in [0.2, 0.25) is 0 Å². The van der Waals surface area contributed by atoms with Gasteiger partial charge >= 0.3 is 0 Å². The van der Waals surface area contributed by atoms with Crippen molar-refractivity contribution < 1.29 is 0 Å². The van der Waals surface area contributed by atoms with Crippen molar-refractivity contribution >= 4 is 23.2 Å². The van der Waals surface area contributed by atoms with Gasteiger partial charge in [-0.1, -0.05) is 83.9 Å². The van der Waals surface area contributed by atoms with E-state index >= 15 is 0 Å². The maximum Gasteiger partial charge on any atom is 0.0595 e. The summed E-state index contributed by atoms with van der Waals surface area (Å²) < 4.78 is 0. The second-order valence-electron chi connectivity index (χ2n) is 6.41. The maximum absolute atomic E-state index is 6.25. The fourth-order valence-corrected chi connectivity index (χ4v) is 3.37. The van der Waals surface area contributed by atoms with Crippen LogP contribution in [0.3, 0.4) is 0 Å². The Morgan fingerprint density at radius 2 is 1.44 bits per heavy atom. The fraction of sp³-hybridized carbons (Fsp3) is 0.182. The van der Waals surface area contributed by atoms with E-state index in [2.05, 4.69) is 48.5 Å². The molecule has 2 atom stereocenters. The Labute approximate surface area is 159 Å². The first-order valence-corrected chi connectivity index (χ1v) is 9.15. The van der Waals surface area contributed by atoms with Crippen molar-refractivity contribution in [2.75, 3.05) is 0 Å². The maximum atomic E-state index is 6.25. The lowest BCUT2D eigenvalue weighted by atomic mass is 9.86. The predicted molar refractivity (Wildman–Crippen MR) is 108 cm³/mol. The van der Waals surface area contributed by atoms with Crippen LogP contribution >= 0.6 is 23.2 Å². The third-order valence-corrected chi connectivity index (χ3v) is 5.26. The van der Waals surface area contributed by atoms with Crippen molar-refractivity contribution in [3.05, 3.63) is 94.0 Å². The van der Waals surface area contributed by atoms with E-state index < -0.39 is 0 Å². The van der Waals surface area contributed by atoms with Crippen LogP contribution in [0.5, 0.6) is 0 Å². The molecular formula is C22H21Cl2N. The van der Waals surface area contributed by atoms with Crippen molar-refractivity contribution in [3.8, 4) is 11.1 Å². The van der Waals surface area contributed by atoms with Crippen molar-refractivity contribution in [1.82, 2.24) is 0 Å². The minimum atomic E-state index is 0.0195. The largest absolute Gasteiger partial charge is 0.327 e. The van der Waals surface area contributed by atoms with E-state index in [1.165, 1.54) is 16.7 Å². The average Bonchev–Trinajstić information content (AvgIpc) is 2.63. The molecule has 0 aromatic heterocycles. The number of hydrogen-bond acceptors (Lipinski definition) is 1. The summed E-state index contributed by atoms with van der Waals surface area (Å²) >= 11 is 12.2. The summed E-state index contributed by atoms with van der Waals surface area (Å²) in [5.74, 6) is 0.192. The Bertz CT molecular complexity index is 826. The molecule has 3 rings (SSSR count). The molecule has 0 heterocycles. The summed E-state index contributed by atoms with van der Waals surface area (Å²) in [6.45, 7) is 2.03. The summed E-state index contributed by atoms with van der Waals surface area (Å²) in [5.41, 5.74) is 11.1. The summed E-state index contributed by atoms with van der Waals surface area (Å²) in [6.07, 6.45) is 0.866. The fourth-order valence-electron chi connectivity index (χ4n) is 3.07. The summed E-state index contributed by atoms with van der Waals surface area (Å²) in [7, 11) is 0. The van der Waals surface area contributed by atoms with Crippen LogP contribution < -0.4 is 5.73 Å². The topological polar surface area (TPSA) is 26.0 Å². The third-order valence-electron chi connectivity index (χ3n) is 4.52. The van der Waals surface area contributed by atoms with Crippen molar-refractivity contribution in [2.45, 2.75) is 25.3 Å². The van der Waals surface area contributed by atoms with Crippen LogP contribution in [-0.2, 0) is 6.42 Å². The number of nitrogens with two attached hydrogens (primary N) is 1. The monoisotopic (exact) mass is 369 g/mol. The van der Waals surface area contributed by atoms with Gasteiger partial charge in [-0.3, -0.25) is 0 Å².